The molecule has 1 fully saturated rings. The van der Waals surface area contributed by atoms with E-state index >= 15 is 0 Å². The fourth-order valence-electron chi connectivity index (χ4n) is 3.45. The van der Waals surface area contributed by atoms with Gasteiger partial charge in [-0.2, -0.15) is 4.31 Å². The Labute approximate surface area is 183 Å². The number of hydrogen-bond donors (Lipinski definition) is 1. The molecule has 3 rings (SSSR count). The SMILES string of the molecule is COc1ccc(CCNC(=O)N2CCN(S(=O)(=O)c3ccc(C)cc3)CC2)cc1OC. The predicted octanol–water partition coefficient (Wildman–Crippen LogP) is 2.27. The molecule has 1 heterocycles. The van der Waals surface area contributed by atoms with E-state index in [1.54, 1.807) is 43.4 Å². The zero-order chi connectivity index (χ0) is 22.4. The third kappa shape index (κ3) is 5.48. The van der Waals surface area contributed by atoms with E-state index in [0.29, 0.717) is 37.6 Å². The summed E-state index contributed by atoms with van der Waals surface area (Å²) in [5.74, 6) is 1.31. The van der Waals surface area contributed by atoms with Crippen LogP contribution in [0.25, 0.3) is 0 Å². The van der Waals surface area contributed by atoms with Crippen LogP contribution in [-0.4, -0.2) is 70.6 Å². The molecule has 0 aliphatic carbocycles. The van der Waals surface area contributed by atoms with Gasteiger partial charge in [0.15, 0.2) is 11.5 Å². The normalized spacial score (nSPS) is 14.9. The van der Waals surface area contributed by atoms with E-state index in [1.165, 1.54) is 4.31 Å². The van der Waals surface area contributed by atoms with Crippen molar-refractivity contribution < 1.29 is 22.7 Å². The quantitative estimate of drug-likeness (QED) is 0.704. The van der Waals surface area contributed by atoms with Crippen LogP contribution in [0.3, 0.4) is 0 Å². The van der Waals surface area contributed by atoms with Crippen LogP contribution in [0.1, 0.15) is 11.1 Å². The van der Waals surface area contributed by atoms with Gasteiger partial charge >= 0.3 is 6.03 Å². The van der Waals surface area contributed by atoms with Crippen LogP contribution in [0.2, 0.25) is 0 Å². The molecule has 0 unspecified atom stereocenters. The molecule has 0 spiro atoms. The molecule has 2 aromatic carbocycles. The Morgan fingerprint density at radius 3 is 2.23 bits per heavy atom. The highest BCUT2D eigenvalue weighted by Gasteiger charge is 2.29. The van der Waals surface area contributed by atoms with Gasteiger partial charge in [0.1, 0.15) is 0 Å². The highest BCUT2D eigenvalue weighted by molar-refractivity contribution is 7.89. The fourth-order valence-corrected chi connectivity index (χ4v) is 4.87. The molecule has 168 valence electrons. The Balaban J connectivity index is 1.48. The summed E-state index contributed by atoms with van der Waals surface area (Å²) in [5, 5.41) is 2.91. The van der Waals surface area contributed by atoms with E-state index < -0.39 is 10.0 Å². The number of nitrogens with one attached hydrogen (secondary N) is 1. The smallest absolute Gasteiger partial charge is 0.317 e. The molecular formula is C22H29N3O5S. The standard InChI is InChI=1S/C22H29N3O5S/c1-17-4-7-19(8-5-17)31(27,28)25-14-12-24(13-15-25)22(26)23-11-10-18-6-9-20(29-2)21(16-18)30-3/h4-9,16H,10-15H2,1-3H3,(H,23,26). The predicted molar refractivity (Wildman–Crippen MR) is 118 cm³/mol. The Bertz CT molecular complexity index is 1000. The van der Waals surface area contributed by atoms with Gasteiger partial charge in [0.05, 0.1) is 19.1 Å². The Kier molecular flexibility index (Phi) is 7.40. The molecule has 2 amide bonds. The Morgan fingerprint density at radius 1 is 0.968 bits per heavy atom. The van der Waals surface area contributed by atoms with Crippen molar-refractivity contribution in [1.29, 1.82) is 0 Å². The molecule has 0 saturated carbocycles. The van der Waals surface area contributed by atoms with E-state index in [0.717, 1.165) is 11.1 Å². The van der Waals surface area contributed by atoms with E-state index in [2.05, 4.69) is 5.32 Å². The molecule has 9 heteroatoms. The second-order valence-electron chi connectivity index (χ2n) is 7.38. The molecule has 0 atom stereocenters. The van der Waals surface area contributed by atoms with Crippen LogP contribution in [0, 0.1) is 6.92 Å². The van der Waals surface area contributed by atoms with Crippen molar-refractivity contribution in [2.75, 3.05) is 46.9 Å². The van der Waals surface area contributed by atoms with Gasteiger partial charge in [-0.05, 0) is 43.2 Å². The van der Waals surface area contributed by atoms with Crippen molar-refractivity contribution in [2.45, 2.75) is 18.2 Å². The maximum atomic E-state index is 12.8. The van der Waals surface area contributed by atoms with Gasteiger partial charge in [0, 0.05) is 32.7 Å². The van der Waals surface area contributed by atoms with Gasteiger partial charge in [-0.1, -0.05) is 23.8 Å². The van der Waals surface area contributed by atoms with Crippen molar-refractivity contribution in [3.63, 3.8) is 0 Å². The average molecular weight is 448 g/mol. The van der Waals surface area contributed by atoms with Crippen molar-refractivity contribution in [1.82, 2.24) is 14.5 Å². The number of rotatable bonds is 7. The third-order valence-electron chi connectivity index (χ3n) is 5.32. The number of hydrogen-bond acceptors (Lipinski definition) is 5. The van der Waals surface area contributed by atoms with Gasteiger partial charge in [0.25, 0.3) is 0 Å². The molecule has 2 aromatic rings. The molecular weight excluding hydrogens is 418 g/mol. The first-order valence-corrected chi connectivity index (χ1v) is 11.6. The lowest BCUT2D eigenvalue weighted by Crippen LogP contribution is -2.53. The maximum absolute atomic E-state index is 12.8. The summed E-state index contributed by atoms with van der Waals surface area (Å²) >= 11 is 0. The minimum absolute atomic E-state index is 0.187. The Morgan fingerprint density at radius 2 is 1.61 bits per heavy atom. The lowest BCUT2D eigenvalue weighted by molar-refractivity contribution is 0.172. The molecule has 8 nitrogen and oxygen atoms in total. The van der Waals surface area contributed by atoms with E-state index in [-0.39, 0.29) is 24.0 Å². The lowest BCUT2D eigenvalue weighted by atomic mass is 10.1. The van der Waals surface area contributed by atoms with Gasteiger partial charge in [0.2, 0.25) is 10.0 Å². The summed E-state index contributed by atoms with van der Waals surface area (Å²) in [6, 6.07) is 12.3. The van der Waals surface area contributed by atoms with Gasteiger partial charge in [-0.25, -0.2) is 13.2 Å². The van der Waals surface area contributed by atoms with E-state index in [1.807, 2.05) is 25.1 Å². The molecule has 1 N–H and O–H groups in total. The van der Waals surface area contributed by atoms with Gasteiger partial charge in [-0.15, -0.1) is 0 Å². The molecule has 0 bridgehead atoms. The summed E-state index contributed by atoms with van der Waals surface area (Å²) in [4.78, 5) is 14.4. The average Bonchev–Trinajstić information content (AvgIpc) is 2.79. The summed E-state index contributed by atoms with van der Waals surface area (Å²) in [6.45, 7) is 3.65. The molecule has 1 aliphatic rings. The topological polar surface area (TPSA) is 88.2 Å². The summed E-state index contributed by atoms with van der Waals surface area (Å²) < 4.78 is 37.5. The number of amides is 2. The number of carbonyl (C=O) groups excluding carboxylic acids is 1. The van der Waals surface area contributed by atoms with Gasteiger partial charge in [-0.3, -0.25) is 0 Å². The van der Waals surface area contributed by atoms with E-state index in [4.69, 9.17) is 9.47 Å². The van der Waals surface area contributed by atoms with Crippen molar-refractivity contribution in [3.8, 4) is 11.5 Å². The summed E-state index contributed by atoms with van der Waals surface area (Å²) in [7, 11) is -0.368. The monoisotopic (exact) mass is 447 g/mol. The van der Waals surface area contributed by atoms with Crippen molar-refractivity contribution >= 4 is 16.1 Å². The third-order valence-corrected chi connectivity index (χ3v) is 7.24. The molecule has 0 radical (unpaired) electrons. The van der Waals surface area contributed by atoms with Gasteiger partial charge < -0.3 is 19.7 Å². The van der Waals surface area contributed by atoms with E-state index in [9.17, 15) is 13.2 Å². The number of sulfonamides is 1. The first kappa shape index (κ1) is 22.9. The summed E-state index contributed by atoms with van der Waals surface area (Å²) in [6.07, 6.45) is 0.647. The molecule has 0 aromatic heterocycles. The highest BCUT2D eigenvalue weighted by atomic mass is 32.2. The Hall–Kier alpha value is -2.78. The van der Waals surface area contributed by atoms with Crippen molar-refractivity contribution in [2.24, 2.45) is 0 Å². The summed E-state index contributed by atoms with van der Waals surface area (Å²) in [5.41, 5.74) is 2.03. The number of nitrogens with zero attached hydrogens (tertiary/aromatic N) is 2. The number of benzene rings is 2. The largest absolute Gasteiger partial charge is 0.493 e. The number of methoxy groups -OCH3 is 2. The zero-order valence-electron chi connectivity index (χ0n) is 18.1. The zero-order valence-corrected chi connectivity index (χ0v) is 18.9. The van der Waals surface area contributed by atoms with Crippen LogP contribution < -0.4 is 14.8 Å². The minimum Gasteiger partial charge on any atom is -0.493 e. The number of aryl methyl sites for hydroxylation is 1. The lowest BCUT2D eigenvalue weighted by Gasteiger charge is -2.34. The van der Waals surface area contributed by atoms with Crippen LogP contribution in [0.15, 0.2) is 47.4 Å². The maximum Gasteiger partial charge on any atom is 0.317 e. The highest BCUT2D eigenvalue weighted by Crippen LogP contribution is 2.27. The number of urea groups is 1. The van der Waals surface area contributed by atoms with Crippen molar-refractivity contribution in [3.05, 3.63) is 53.6 Å². The number of ether oxygens (including phenoxy) is 2. The molecule has 1 saturated heterocycles. The second-order valence-corrected chi connectivity index (χ2v) is 9.31. The molecule has 31 heavy (non-hydrogen) atoms. The number of carbonyl (C=O) groups is 1. The number of piperazine rings is 1. The van der Waals surface area contributed by atoms with Crippen LogP contribution in [0.4, 0.5) is 4.79 Å². The fraction of sp³-hybridized carbons (Fsp3) is 0.409. The van der Waals surface area contributed by atoms with Crippen LogP contribution in [-0.2, 0) is 16.4 Å². The second kappa shape index (κ2) is 10.0. The molecule has 1 aliphatic heterocycles. The first-order chi connectivity index (χ1) is 14.8. The minimum atomic E-state index is -3.54. The van der Waals surface area contributed by atoms with Crippen LogP contribution >= 0.6 is 0 Å². The first-order valence-electron chi connectivity index (χ1n) is 10.2. The van der Waals surface area contributed by atoms with Crippen LogP contribution in [0.5, 0.6) is 11.5 Å².